The summed E-state index contributed by atoms with van der Waals surface area (Å²) in [6.45, 7) is 11.1. The molecule has 0 aliphatic carbocycles. The fourth-order valence-electron chi connectivity index (χ4n) is 4.09. The molecule has 0 unspecified atom stereocenters. The maximum Gasteiger partial charge on any atom is 0.411 e. The first-order chi connectivity index (χ1) is 16.3. The maximum atomic E-state index is 13.2. The number of ether oxygens (including phenoxy) is 2. The lowest BCUT2D eigenvalue weighted by molar-refractivity contribution is -0.120. The molecule has 10 heteroatoms. The lowest BCUT2D eigenvalue weighted by Crippen LogP contribution is -2.48. The van der Waals surface area contributed by atoms with Crippen LogP contribution in [0, 0.1) is 0 Å². The van der Waals surface area contributed by atoms with Gasteiger partial charge in [0.2, 0.25) is 5.91 Å². The van der Waals surface area contributed by atoms with Crippen molar-refractivity contribution < 1.29 is 23.9 Å². The van der Waals surface area contributed by atoms with Gasteiger partial charge in [-0.05, 0) is 58.4 Å². The van der Waals surface area contributed by atoms with Gasteiger partial charge in [-0.15, -0.1) is 11.3 Å². The lowest BCUT2D eigenvalue weighted by Gasteiger charge is -2.31. The number of amides is 2. The summed E-state index contributed by atoms with van der Waals surface area (Å²) < 4.78 is 11.9. The minimum atomic E-state index is -1.10. The zero-order valence-electron chi connectivity index (χ0n) is 20.7. The number of nitrogens with one attached hydrogen (secondary N) is 1. The van der Waals surface area contributed by atoms with Crippen LogP contribution in [-0.2, 0) is 14.3 Å². The van der Waals surface area contributed by atoms with Crippen LogP contribution in [0.4, 0.5) is 10.5 Å². The molecule has 186 valence electrons. The van der Waals surface area contributed by atoms with Crippen LogP contribution in [0.5, 0.6) is 5.75 Å². The predicted octanol–water partition coefficient (Wildman–Crippen LogP) is 1.76. The highest BCUT2D eigenvalue weighted by molar-refractivity contribution is 7.07. The normalized spacial score (nSPS) is 19.5. The maximum absolute atomic E-state index is 13.2. The van der Waals surface area contributed by atoms with Gasteiger partial charge in [-0.25, -0.2) is 4.79 Å². The second-order valence-corrected chi connectivity index (χ2v) is 11.1. The molecule has 0 bridgehead atoms. The number of nitrogens with zero attached hydrogens (tertiary/aromatic N) is 2. The van der Waals surface area contributed by atoms with Gasteiger partial charge in [0.1, 0.15) is 28.2 Å². The van der Waals surface area contributed by atoms with Crippen LogP contribution < -0.4 is 24.4 Å². The number of aromatic amines is 1. The number of anilines is 1. The lowest BCUT2D eigenvalue weighted by atomic mass is 9.99. The van der Waals surface area contributed by atoms with Crippen LogP contribution >= 0.6 is 11.3 Å². The van der Waals surface area contributed by atoms with Crippen LogP contribution in [-0.4, -0.2) is 58.5 Å². The number of carbonyl (C=O) groups is 3. The van der Waals surface area contributed by atoms with E-state index in [0.29, 0.717) is 39.4 Å². The van der Waals surface area contributed by atoms with E-state index in [9.17, 15) is 19.2 Å². The van der Waals surface area contributed by atoms with Crippen LogP contribution in [0.1, 0.15) is 47.1 Å². The van der Waals surface area contributed by atoms with Crippen molar-refractivity contribution in [1.29, 1.82) is 0 Å². The Morgan fingerprint density at radius 1 is 1.23 bits per heavy atom. The van der Waals surface area contributed by atoms with E-state index < -0.39 is 17.2 Å². The van der Waals surface area contributed by atoms with E-state index in [0.717, 1.165) is 16.9 Å². The number of Topliss-reactive ketones (excluding diaryl/α,β-unsaturated/α-hetero) is 1. The summed E-state index contributed by atoms with van der Waals surface area (Å²) in [5.41, 5.74) is -0.396. The second kappa shape index (κ2) is 8.67. The molecule has 1 saturated heterocycles. The number of benzene rings is 1. The van der Waals surface area contributed by atoms with E-state index in [2.05, 4.69) is 4.98 Å². The fraction of sp³-hybridized carbons (Fsp3) is 0.440. The fourth-order valence-corrected chi connectivity index (χ4v) is 5.07. The van der Waals surface area contributed by atoms with Gasteiger partial charge >= 0.3 is 6.09 Å². The van der Waals surface area contributed by atoms with E-state index in [1.807, 2.05) is 6.07 Å². The molecule has 2 aromatic rings. The number of carbonyl (C=O) groups excluding carboxylic acids is 3. The van der Waals surface area contributed by atoms with Gasteiger partial charge in [-0.3, -0.25) is 19.3 Å². The molecule has 1 fully saturated rings. The van der Waals surface area contributed by atoms with E-state index in [-0.39, 0.29) is 23.8 Å². The van der Waals surface area contributed by atoms with E-state index >= 15 is 0 Å². The summed E-state index contributed by atoms with van der Waals surface area (Å²) in [7, 11) is 0. The van der Waals surface area contributed by atoms with Crippen LogP contribution in [0.15, 0.2) is 23.0 Å². The van der Waals surface area contributed by atoms with Crippen molar-refractivity contribution in [3.8, 4) is 5.75 Å². The average Bonchev–Trinajstić information content (AvgIpc) is 3.22. The molecule has 2 amide bonds. The Morgan fingerprint density at radius 2 is 1.94 bits per heavy atom. The van der Waals surface area contributed by atoms with E-state index in [1.54, 1.807) is 57.7 Å². The van der Waals surface area contributed by atoms with Gasteiger partial charge in [0.05, 0.1) is 28.9 Å². The Kier molecular flexibility index (Phi) is 6.12. The smallest absolute Gasteiger partial charge is 0.411 e. The molecule has 0 saturated carbocycles. The van der Waals surface area contributed by atoms with Gasteiger partial charge in [-0.2, -0.15) is 0 Å². The van der Waals surface area contributed by atoms with Crippen molar-refractivity contribution >= 4 is 46.5 Å². The van der Waals surface area contributed by atoms with Crippen molar-refractivity contribution in [3.05, 3.63) is 43.3 Å². The van der Waals surface area contributed by atoms with Crippen LogP contribution in [0.25, 0.3) is 11.6 Å². The Bertz CT molecular complexity index is 1400. The van der Waals surface area contributed by atoms with Crippen molar-refractivity contribution in [1.82, 2.24) is 9.88 Å². The number of ketones is 1. The number of aromatic nitrogens is 1. The quantitative estimate of drug-likeness (QED) is 0.641. The van der Waals surface area contributed by atoms with Crippen molar-refractivity contribution in [2.75, 3.05) is 24.6 Å². The molecule has 4 rings (SSSR count). The van der Waals surface area contributed by atoms with Crippen LogP contribution in [0.3, 0.4) is 0 Å². The largest absolute Gasteiger partial charge is 0.490 e. The second-order valence-electron chi connectivity index (χ2n) is 10.1. The molecule has 0 atom stereocenters. The summed E-state index contributed by atoms with van der Waals surface area (Å²) in [6, 6.07) is 5.38. The number of thiazole rings is 1. The Morgan fingerprint density at radius 3 is 2.60 bits per heavy atom. The number of hydrogen-bond donors (Lipinski definition) is 1. The van der Waals surface area contributed by atoms with E-state index in [1.165, 1.54) is 11.8 Å². The Labute approximate surface area is 206 Å². The number of hydrogen-bond acceptors (Lipinski definition) is 7. The summed E-state index contributed by atoms with van der Waals surface area (Å²) in [5, 5.41) is 0. The topological polar surface area (TPSA) is 109 Å². The zero-order chi connectivity index (χ0) is 25.7. The van der Waals surface area contributed by atoms with Gasteiger partial charge in [-0.1, -0.05) is 6.07 Å². The summed E-state index contributed by atoms with van der Waals surface area (Å²) in [5.74, 6) is 0.285. The van der Waals surface area contributed by atoms with Crippen molar-refractivity contribution in [2.45, 2.75) is 52.7 Å². The minimum absolute atomic E-state index is 0.0421. The molecule has 9 nitrogen and oxygen atoms in total. The molecule has 1 N–H and O–H groups in total. The van der Waals surface area contributed by atoms with Gasteiger partial charge in [0.25, 0.3) is 5.56 Å². The summed E-state index contributed by atoms with van der Waals surface area (Å²) >= 11 is 1.16. The standard InChI is InChI=1S/C25H29N3O6S/c1-14(29)27-9-10-33-18-8-7-15(11-17(18)27)12-19-21(31)26-22(35-19)16-13-28(25(5,6)20(16)30)23(32)34-24(2,3)4/h7-8,11-12H,9-10,13H2,1-6H3,(H,26,31)/b19-12-,22-16+. The SMILES string of the molecule is CC(=O)N1CCOc2ccc(/C=c3\s/c(=C4\CN(C(=O)OC(C)(C)C)C(C)(C)C4=O)[nH]c3=O)cc21. The van der Waals surface area contributed by atoms with E-state index in [4.69, 9.17) is 9.47 Å². The first kappa shape index (κ1) is 24.7. The van der Waals surface area contributed by atoms with Crippen LogP contribution in [0.2, 0.25) is 0 Å². The summed E-state index contributed by atoms with van der Waals surface area (Å²) in [4.78, 5) is 56.5. The molecular weight excluding hydrogens is 470 g/mol. The number of H-pyrrole nitrogens is 1. The molecule has 0 spiro atoms. The first-order valence-corrected chi connectivity index (χ1v) is 12.1. The van der Waals surface area contributed by atoms with Crippen molar-refractivity contribution in [3.63, 3.8) is 0 Å². The molecular formula is C25H29N3O6S. The monoisotopic (exact) mass is 499 g/mol. The highest BCUT2D eigenvalue weighted by atomic mass is 32.1. The molecule has 0 radical (unpaired) electrons. The molecule has 1 aromatic heterocycles. The first-order valence-electron chi connectivity index (χ1n) is 11.3. The molecule has 1 aromatic carbocycles. The third-order valence-electron chi connectivity index (χ3n) is 5.90. The molecule has 2 aliphatic heterocycles. The number of fused-ring (bicyclic) bond motifs is 1. The summed E-state index contributed by atoms with van der Waals surface area (Å²) in [6.07, 6.45) is 1.12. The highest BCUT2D eigenvalue weighted by Crippen LogP contribution is 2.33. The molecule has 2 aliphatic rings. The number of rotatable bonds is 1. The minimum Gasteiger partial charge on any atom is -0.490 e. The zero-order valence-corrected chi connectivity index (χ0v) is 21.5. The predicted molar refractivity (Wildman–Crippen MR) is 133 cm³/mol. The average molecular weight is 500 g/mol. The molecule has 3 heterocycles. The Hall–Kier alpha value is -3.40. The van der Waals surface area contributed by atoms with Crippen molar-refractivity contribution in [2.24, 2.45) is 0 Å². The van der Waals surface area contributed by atoms with Gasteiger partial charge < -0.3 is 19.4 Å². The number of likely N-dealkylation sites (tertiary alicyclic amines) is 1. The molecule has 35 heavy (non-hydrogen) atoms. The third kappa shape index (κ3) is 4.75. The highest BCUT2D eigenvalue weighted by Gasteiger charge is 2.48. The third-order valence-corrected chi connectivity index (χ3v) is 6.97. The van der Waals surface area contributed by atoms with Gasteiger partial charge in [0.15, 0.2) is 5.78 Å². The Balaban J connectivity index is 1.73. The van der Waals surface area contributed by atoms with Gasteiger partial charge in [0, 0.05) is 6.92 Å².